The molecule has 3 aromatic rings. The molecule has 3 nitrogen and oxygen atoms in total. The van der Waals surface area contributed by atoms with Crippen LogP contribution < -0.4 is 0 Å². The number of H-pyrrole nitrogens is 1. The molecule has 1 unspecified atom stereocenters. The third-order valence-electron chi connectivity index (χ3n) is 3.72. The lowest BCUT2D eigenvalue weighted by Crippen LogP contribution is -2.24. The highest BCUT2D eigenvalue weighted by molar-refractivity contribution is 5.82. The van der Waals surface area contributed by atoms with Crippen molar-refractivity contribution in [2.45, 2.75) is 18.7 Å². The molecular weight excluding hydrogens is 293 g/mol. The van der Waals surface area contributed by atoms with E-state index in [0.717, 1.165) is 17.5 Å². The number of aromatic nitrogens is 2. The van der Waals surface area contributed by atoms with Gasteiger partial charge in [-0.15, -0.1) is 0 Å². The molecule has 0 aliphatic carbocycles. The van der Waals surface area contributed by atoms with Gasteiger partial charge in [0.05, 0.1) is 16.8 Å². The molecule has 1 aromatic heterocycles. The summed E-state index contributed by atoms with van der Waals surface area (Å²) >= 11 is 0. The maximum absolute atomic E-state index is 12.6. The summed E-state index contributed by atoms with van der Waals surface area (Å²) in [5.74, 6) is 0. The first-order valence-corrected chi connectivity index (χ1v) is 6.64. The van der Waals surface area contributed by atoms with E-state index in [4.69, 9.17) is 0 Å². The number of halogens is 3. The van der Waals surface area contributed by atoms with Crippen molar-refractivity contribution in [3.05, 3.63) is 65.4 Å². The van der Waals surface area contributed by atoms with Crippen LogP contribution in [0.3, 0.4) is 0 Å². The van der Waals surface area contributed by atoms with Crippen molar-refractivity contribution in [2.75, 3.05) is 0 Å². The predicted octanol–water partition coefficient (Wildman–Crippen LogP) is 3.84. The summed E-state index contributed by atoms with van der Waals surface area (Å²) in [6, 6.07) is 11.7. The first-order valence-electron chi connectivity index (χ1n) is 6.64. The van der Waals surface area contributed by atoms with Gasteiger partial charge in [0.25, 0.3) is 0 Å². The third-order valence-corrected chi connectivity index (χ3v) is 3.72. The van der Waals surface area contributed by atoms with Crippen LogP contribution in [0.2, 0.25) is 0 Å². The van der Waals surface area contributed by atoms with E-state index < -0.39 is 17.3 Å². The van der Waals surface area contributed by atoms with Gasteiger partial charge >= 0.3 is 6.18 Å². The Morgan fingerprint density at radius 3 is 2.18 bits per heavy atom. The van der Waals surface area contributed by atoms with Gasteiger partial charge in [-0.05, 0) is 30.7 Å². The van der Waals surface area contributed by atoms with Crippen molar-refractivity contribution in [3.63, 3.8) is 0 Å². The molecule has 3 rings (SSSR count). The number of benzene rings is 2. The Balaban J connectivity index is 2.06. The fourth-order valence-electron chi connectivity index (χ4n) is 2.46. The fraction of sp³-hybridized carbons (Fsp3) is 0.188. The number of nitrogens with one attached hydrogen (secondary N) is 1. The van der Waals surface area contributed by atoms with E-state index in [1.165, 1.54) is 19.1 Å². The van der Waals surface area contributed by atoms with Crippen molar-refractivity contribution >= 4 is 10.9 Å². The molecule has 0 amide bonds. The number of fused-ring (bicyclic) bond motifs is 1. The number of nitrogens with zero attached hydrogens (tertiary/aromatic N) is 1. The summed E-state index contributed by atoms with van der Waals surface area (Å²) in [4.78, 5) is 0. The van der Waals surface area contributed by atoms with E-state index in [-0.39, 0.29) is 0 Å². The number of rotatable bonds is 2. The zero-order valence-corrected chi connectivity index (χ0v) is 11.6. The number of alkyl halides is 3. The molecule has 0 saturated carbocycles. The van der Waals surface area contributed by atoms with Crippen molar-refractivity contribution < 1.29 is 18.3 Å². The van der Waals surface area contributed by atoms with Crippen LogP contribution in [0, 0.1) is 0 Å². The van der Waals surface area contributed by atoms with E-state index in [2.05, 4.69) is 10.2 Å². The smallest absolute Gasteiger partial charge is 0.379 e. The Morgan fingerprint density at radius 2 is 1.55 bits per heavy atom. The summed E-state index contributed by atoms with van der Waals surface area (Å²) < 4.78 is 37.9. The van der Waals surface area contributed by atoms with Gasteiger partial charge in [-0.2, -0.15) is 18.3 Å². The van der Waals surface area contributed by atoms with Crippen molar-refractivity contribution in [1.82, 2.24) is 10.2 Å². The largest absolute Gasteiger partial charge is 0.416 e. The third kappa shape index (κ3) is 2.35. The standard InChI is InChI=1S/C16H13F3N2O/c1-15(22,10-6-8-11(9-7-10)16(17,18)19)14-12-4-2-3-5-13(12)20-21-14/h2-9,22H,1H3,(H,20,21). The van der Waals surface area contributed by atoms with Crippen LogP contribution in [-0.2, 0) is 11.8 Å². The second-order valence-electron chi connectivity index (χ2n) is 5.26. The van der Waals surface area contributed by atoms with Crippen molar-refractivity contribution in [1.29, 1.82) is 0 Å². The minimum absolute atomic E-state index is 0.356. The molecule has 114 valence electrons. The second-order valence-corrected chi connectivity index (χ2v) is 5.26. The van der Waals surface area contributed by atoms with Crippen LogP contribution in [0.4, 0.5) is 13.2 Å². The monoisotopic (exact) mass is 306 g/mol. The van der Waals surface area contributed by atoms with E-state index >= 15 is 0 Å². The van der Waals surface area contributed by atoms with Gasteiger partial charge in [-0.25, -0.2) is 0 Å². The lowest BCUT2D eigenvalue weighted by molar-refractivity contribution is -0.137. The number of para-hydroxylation sites is 1. The van der Waals surface area contributed by atoms with Crippen LogP contribution in [-0.4, -0.2) is 15.3 Å². The average molecular weight is 306 g/mol. The molecule has 6 heteroatoms. The predicted molar refractivity (Wildman–Crippen MR) is 76.2 cm³/mol. The van der Waals surface area contributed by atoms with Gasteiger partial charge in [0.2, 0.25) is 0 Å². The van der Waals surface area contributed by atoms with Crippen LogP contribution in [0.1, 0.15) is 23.7 Å². The van der Waals surface area contributed by atoms with Gasteiger partial charge in [0.1, 0.15) is 5.60 Å². The summed E-state index contributed by atoms with van der Waals surface area (Å²) in [5, 5.41) is 18.4. The SMILES string of the molecule is CC(O)(c1ccc(C(F)(F)F)cc1)c1[nH]nc2ccccc12. The molecule has 0 spiro atoms. The van der Waals surface area contributed by atoms with E-state index in [9.17, 15) is 18.3 Å². The Bertz CT molecular complexity index is 804. The Hall–Kier alpha value is -2.34. The Labute approximate surface area is 124 Å². The minimum atomic E-state index is -4.40. The number of aliphatic hydroxyl groups is 1. The number of aromatic amines is 1. The minimum Gasteiger partial charge on any atom is -0.379 e. The number of hydrogen-bond donors (Lipinski definition) is 2. The molecule has 0 saturated heterocycles. The van der Waals surface area contributed by atoms with E-state index in [1.54, 1.807) is 12.1 Å². The zero-order valence-electron chi connectivity index (χ0n) is 11.6. The second kappa shape index (κ2) is 4.84. The number of hydrogen-bond acceptors (Lipinski definition) is 2. The normalized spacial score (nSPS) is 15.0. The lowest BCUT2D eigenvalue weighted by Gasteiger charge is -2.23. The zero-order chi connectivity index (χ0) is 16.0. The summed E-state index contributed by atoms with van der Waals surface area (Å²) in [6.07, 6.45) is -4.40. The Morgan fingerprint density at radius 1 is 0.955 bits per heavy atom. The molecule has 0 aliphatic heterocycles. The van der Waals surface area contributed by atoms with Gasteiger partial charge in [0, 0.05) is 5.39 Å². The molecule has 0 fully saturated rings. The topological polar surface area (TPSA) is 48.9 Å². The fourth-order valence-corrected chi connectivity index (χ4v) is 2.46. The molecule has 1 atom stereocenters. The maximum atomic E-state index is 12.6. The summed E-state index contributed by atoms with van der Waals surface area (Å²) in [7, 11) is 0. The molecular formula is C16H13F3N2O. The van der Waals surface area contributed by atoms with Crippen LogP contribution in [0.5, 0.6) is 0 Å². The molecule has 1 heterocycles. The molecule has 0 bridgehead atoms. The molecule has 2 aromatic carbocycles. The van der Waals surface area contributed by atoms with E-state index in [1.807, 2.05) is 12.1 Å². The first kappa shape index (κ1) is 14.6. The average Bonchev–Trinajstić information content (AvgIpc) is 2.91. The lowest BCUT2D eigenvalue weighted by atomic mass is 9.90. The molecule has 22 heavy (non-hydrogen) atoms. The van der Waals surface area contributed by atoms with Gasteiger partial charge < -0.3 is 5.11 Å². The quantitative estimate of drug-likeness (QED) is 0.756. The van der Waals surface area contributed by atoms with E-state index in [0.29, 0.717) is 16.8 Å². The van der Waals surface area contributed by atoms with Crippen LogP contribution in [0.25, 0.3) is 10.9 Å². The maximum Gasteiger partial charge on any atom is 0.416 e. The highest BCUT2D eigenvalue weighted by Crippen LogP contribution is 2.35. The molecule has 2 N–H and O–H groups in total. The highest BCUT2D eigenvalue weighted by Gasteiger charge is 2.33. The Kier molecular flexibility index (Phi) is 3.21. The van der Waals surface area contributed by atoms with Crippen molar-refractivity contribution in [3.8, 4) is 0 Å². The molecule has 0 aliphatic rings. The van der Waals surface area contributed by atoms with Gasteiger partial charge in [0.15, 0.2) is 0 Å². The first-order chi connectivity index (χ1) is 10.3. The summed E-state index contributed by atoms with van der Waals surface area (Å²) in [5.41, 5.74) is -0.732. The highest BCUT2D eigenvalue weighted by atomic mass is 19.4. The van der Waals surface area contributed by atoms with Gasteiger partial charge in [-0.1, -0.05) is 30.3 Å². The van der Waals surface area contributed by atoms with Crippen LogP contribution >= 0.6 is 0 Å². The molecule has 0 radical (unpaired) electrons. The summed E-state index contributed by atoms with van der Waals surface area (Å²) in [6.45, 7) is 1.52. The van der Waals surface area contributed by atoms with Crippen LogP contribution in [0.15, 0.2) is 48.5 Å². The van der Waals surface area contributed by atoms with Crippen molar-refractivity contribution in [2.24, 2.45) is 0 Å². The van der Waals surface area contributed by atoms with Gasteiger partial charge in [-0.3, -0.25) is 5.10 Å².